The largest absolute Gasteiger partial charge is 0.395 e. The van der Waals surface area contributed by atoms with Gasteiger partial charge in [-0.2, -0.15) is 0 Å². The summed E-state index contributed by atoms with van der Waals surface area (Å²) >= 11 is 0. The first kappa shape index (κ1) is 16.6. The third kappa shape index (κ3) is 4.13. The lowest BCUT2D eigenvalue weighted by atomic mass is 10.0. The number of aliphatic hydroxyl groups excluding tert-OH is 2. The second-order valence-corrected chi connectivity index (χ2v) is 7.33. The fourth-order valence-corrected chi connectivity index (χ4v) is 5.13. The first-order valence-corrected chi connectivity index (χ1v) is 8.31. The molecule has 0 aromatic carbocycles. The third-order valence-electron chi connectivity index (χ3n) is 3.55. The monoisotopic (exact) mass is 266 g/mol. The van der Waals surface area contributed by atoms with Crippen LogP contribution in [0.4, 0.5) is 0 Å². The SMILES string of the molecule is CCC(CC)(CO)SSC(CC)(CC)CO. The molecule has 0 saturated heterocycles. The Morgan fingerprint density at radius 2 is 0.938 bits per heavy atom. The van der Waals surface area contributed by atoms with Crippen LogP contribution in [0.5, 0.6) is 0 Å². The Hall–Kier alpha value is 0.620. The molecular formula is C12H26O2S2. The van der Waals surface area contributed by atoms with Crippen molar-refractivity contribution in [3.8, 4) is 0 Å². The molecule has 0 aromatic rings. The Bertz CT molecular complexity index is 141. The molecule has 2 nitrogen and oxygen atoms in total. The van der Waals surface area contributed by atoms with Crippen molar-refractivity contribution in [2.24, 2.45) is 0 Å². The molecule has 0 bridgehead atoms. The van der Waals surface area contributed by atoms with Gasteiger partial charge in [0.1, 0.15) is 0 Å². The lowest BCUT2D eigenvalue weighted by molar-refractivity contribution is 0.239. The van der Waals surface area contributed by atoms with E-state index in [4.69, 9.17) is 0 Å². The van der Waals surface area contributed by atoms with Crippen LogP contribution in [0.1, 0.15) is 53.4 Å². The van der Waals surface area contributed by atoms with Crippen LogP contribution in [0.25, 0.3) is 0 Å². The van der Waals surface area contributed by atoms with Gasteiger partial charge in [-0.05, 0) is 25.7 Å². The van der Waals surface area contributed by atoms with Gasteiger partial charge in [-0.15, -0.1) is 0 Å². The third-order valence-corrected chi connectivity index (χ3v) is 8.12. The second-order valence-electron chi connectivity index (χ2n) is 4.26. The van der Waals surface area contributed by atoms with E-state index < -0.39 is 0 Å². The molecule has 0 aliphatic rings. The van der Waals surface area contributed by atoms with E-state index in [1.165, 1.54) is 0 Å². The number of hydrogen-bond donors (Lipinski definition) is 2. The van der Waals surface area contributed by atoms with E-state index in [-0.39, 0.29) is 22.7 Å². The van der Waals surface area contributed by atoms with Gasteiger partial charge in [-0.25, -0.2) is 0 Å². The van der Waals surface area contributed by atoms with E-state index in [1.807, 2.05) is 0 Å². The van der Waals surface area contributed by atoms with Gasteiger partial charge in [-0.1, -0.05) is 49.3 Å². The maximum absolute atomic E-state index is 9.49. The maximum atomic E-state index is 9.49. The summed E-state index contributed by atoms with van der Waals surface area (Å²) in [6.45, 7) is 8.90. The zero-order valence-corrected chi connectivity index (χ0v) is 12.6. The maximum Gasteiger partial charge on any atom is 0.0586 e. The average molecular weight is 266 g/mol. The van der Waals surface area contributed by atoms with Crippen LogP contribution in [0, 0.1) is 0 Å². The Morgan fingerprint density at radius 3 is 1.06 bits per heavy atom. The van der Waals surface area contributed by atoms with Gasteiger partial charge in [0.2, 0.25) is 0 Å². The molecule has 0 saturated carbocycles. The van der Waals surface area contributed by atoms with Gasteiger partial charge >= 0.3 is 0 Å². The van der Waals surface area contributed by atoms with Gasteiger partial charge in [0.15, 0.2) is 0 Å². The number of hydrogen-bond acceptors (Lipinski definition) is 4. The molecule has 16 heavy (non-hydrogen) atoms. The molecule has 98 valence electrons. The predicted molar refractivity (Wildman–Crippen MR) is 76.0 cm³/mol. The van der Waals surface area contributed by atoms with Crippen molar-refractivity contribution in [2.75, 3.05) is 13.2 Å². The van der Waals surface area contributed by atoms with Crippen molar-refractivity contribution < 1.29 is 10.2 Å². The van der Waals surface area contributed by atoms with Crippen LogP contribution in [0.3, 0.4) is 0 Å². The summed E-state index contributed by atoms with van der Waals surface area (Å²) in [4.78, 5) is 0. The van der Waals surface area contributed by atoms with Crippen LogP contribution >= 0.6 is 21.6 Å². The quantitative estimate of drug-likeness (QED) is 0.627. The Kier molecular flexibility index (Phi) is 8.16. The molecule has 0 fully saturated rings. The fraction of sp³-hybridized carbons (Fsp3) is 1.00. The highest BCUT2D eigenvalue weighted by atomic mass is 33.1. The molecule has 0 radical (unpaired) electrons. The minimum absolute atomic E-state index is 0.0462. The van der Waals surface area contributed by atoms with E-state index in [0.29, 0.717) is 0 Å². The summed E-state index contributed by atoms with van der Waals surface area (Å²) in [6, 6.07) is 0. The van der Waals surface area contributed by atoms with Gasteiger partial charge < -0.3 is 10.2 Å². The van der Waals surface area contributed by atoms with E-state index in [9.17, 15) is 10.2 Å². The molecule has 0 rings (SSSR count). The summed E-state index contributed by atoms with van der Waals surface area (Å²) in [7, 11) is 3.51. The molecule has 0 heterocycles. The summed E-state index contributed by atoms with van der Waals surface area (Å²) in [6.07, 6.45) is 3.86. The van der Waals surface area contributed by atoms with Crippen molar-refractivity contribution >= 4 is 21.6 Å². The van der Waals surface area contributed by atoms with Crippen molar-refractivity contribution in [3.63, 3.8) is 0 Å². The van der Waals surface area contributed by atoms with Crippen molar-refractivity contribution in [2.45, 2.75) is 62.9 Å². The average Bonchev–Trinajstić information content (AvgIpc) is 2.37. The number of rotatable bonds is 9. The van der Waals surface area contributed by atoms with E-state index in [2.05, 4.69) is 27.7 Å². The van der Waals surface area contributed by atoms with Gasteiger partial charge in [0.05, 0.1) is 13.2 Å². The molecule has 0 atom stereocenters. The highest BCUT2D eigenvalue weighted by Gasteiger charge is 2.33. The predicted octanol–water partition coefficient (Wildman–Crippen LogP) is 3.47. The molecule has 0 aliphatic carbocycles. The molecule has 0 amide bonds. The van der Waals surface area contributed by atoms with E-state index in [0.717, 1.165) is 25.7 Å². The molecule has 0 aliphatic heterocycles. The Labute approximate surface area is 108 Å². The minimum atomic E-state index is -0.0462. The van der Waals surface area contributed by atoms with Crippen LogP contribution in [-0.2, 0) is 0 Å². The lowest BCUT2D eigenvalue weighted by Gasteiger charge is -2.34. The van der Waals surface area contributed by atoms with Crippen LogP contribution in [0.2, 0.25) is 0 Å². The molecule has 2 N–H and O–H groups in total. The van der Waals surface area contributed by atoms with Crippen molar-refractivity contribution in [1.82, 2.24) is 0 Å². The fourth-order valence-electron chi connectivity index (χ4n) is 1.41. The summed E-state index contributed by atoms with van der Waals surface area (Å²) < 4.78 is -0.0924. The molecule has 0 unspecified atom stereocenters. The first-order chi connectivity index (χ1) is 7.57. The molecule has 0 spiro atoms. The standard InChI is InChI=1S/C12H26O2S2/c1-5-11(6-2,9-13)15-16-12(7-3,8-4)10-14/h13-14H,5-10H2,1-4H3. The number of aliphatic hydroxyl groups is 2. The summed E-state index contributed by atoms with van der Waals surface area (Å²) in [5.74, 6) is 0. The van der Waals surface area contributed by atoms with Gasteiger partial charge in [0.25, 0.3) is 0 Å². The molecular weight excluding hydrogens is 240 g/mol. The zero-order valence-electron chi connectivity index (χ0n) is 11.0. The van der Waals surface area contributed by atoms with Crippen LogP contribution < -0.4 is 0 Å². The highest BCUT2D eigenvalue weighted by molar-refractivity contribution is 8.77. The van der Waals surface area contributed by atoms with Crippen LogP contribution in [-0.4, -0.2) is 32.9 Å². The summed E-state index contributed by atoms with van der Waals surface area (Å²) in [5.41, 5.74) is 0. The second kappa shape index (κ2) is 7.85. The van der Waals surface area contributed by atoms with E-state index in [1.54, 1.807) is 21.6 Å². The Balaban J connectivity index is 4.48. The van der Waals surface area contributed by atoms with Gasteiger partial charge in [-0.3, -0.25) is 0 Å². The smallest absolute Gasteiger partial charge is 0.0586 e. The van der Waals surface area contributed by atoms with E-state index >= 15 is 0 Å². The highest BCUT2D eigenvalue weighted by Crippen LogP contribution is 2.49. The minimum Gasteiger partial charge on any atom is -0.395 e. The molecule has 0 aromatic heterocycles. The Morgan fingerprint density at radius 1 is 0.688 bits per heavy atom. The first-order valence-electron chi connectivity index (χ1n) is 6.16. The lowest BCUT2D eigenvalue weighted by Crippen LogP contribution is -2.31. The topological polar surface area (TPSA) is 40.5 Å². The van der Waals surface area contributed by atoms with Crippen molar-refractivity contribution in [1.29, 1.82) is 0 Å². The molecule has 4 heteroatoms. The summed E-state index contributed by atoms with van der Waals surface area (Å²) in [5, 5.41) is 19.0. The van der Waals surface area contributed by atoms with Gasteiger partial charge in [0, 0.05) is 9.49 Å². The normalized spacial score (nSPS) is 13.1. The zero-order chi connectivity index (χ0) is 12.7. The van der Waals surface area contributed by atoms with Crippen LogP contribution in [0.15, 0.2) is 0 Å². The van der Waals surface area contributed by atoms with Crippen molar-refractivity contribution in [3.05, 3.63) is 0 Å².